The highest BCUT2D eigenvalue weighted by Crippen LogP contribution is 2.30. The van der Waals surface area contributed by atoms with E-state index in [2.05, 4.69) is 25.2 Å². The lowest BCUT2D eigenvalue weighted by Crippen LogP contribution is -2.43. The molecule has 2 aliphatic rings. The predicted molar refractivity (Wildman–Crippen MR) is 136 cm³/mol. The van der Waals surface area contributed by atoms with Gasteiger partial charge in [-0.2, -0.15) is 4.37 Å². The van der Waals surface area contributed by atoms with Gasteiger partial charge in [-0.1, -0.05) is 6.42 Å². The molecule has 0 bridgehead atoms. The maximum atomic E-state index is 11.4. The van der Waals surface area contributed by atoms with Crippen molar-refractivity contribution >= 4 is 34.3 Å². The minimum atomic E-state index is -0.300. The average molecular weight is 482 g/mol. The summed E-state index contributed by atoms with van der Waals surface area (Å²) < 4.78 is 6.46. The Balaban J connectivity index is 1.36. The van der Waals surface area contributed by atoms with Crippen LogP contribution >= 0.6 is 11.5 Å². The molecule has 1 aliphatic carbocycles. The number of aromatic nitrogens is 4. The first kappa shape index (κ1) is 23.2. The number of nitrogens with two attached hydrogens (primary N) is 1. The molecule has 182 valence electrons. The van der Waals surface area contributed by atoms with Crippen molar-refractivity contribution in [3.63, 3.8) is 0 Å². The number of piperidine rings is 1. The molecule has 0 unspecified atom stereocenters. The van der Waals surface area contributed by atoms with Crippen molar-refractivity contribution in [2.45, 2.75) is 83.3 Å². The van der Waals surface area contributed by atoms with Crippen LogP contribution < -0.4 is 11.1 Å². The third-order valence-electron chi connectivity index (χ3n) is 7.21. The van der Waals surface area contributed by atoms with Crippen LogP contribution in [0.5, 0.6) is 0 Å². The van der Waals surface area contributed by atoms with Crippen LogP contribution in [0.1, 0.15) is 67.8 Å². The number of anilines is 1. The standard InChI is InChI=1S/C25H35N7OS/c1-17-15-20(34-30-17)16-23-28-21-9-13-32(14-10-22(26)33)24(21)25(29-23)27-18-5-7-19(8-6-18)31-11-3-2-4-12-31/h9,13,15,18-19H,2-8,10-12,14,16H2,1H3,(H2,26,33)(H,27,28,29). The number of amides is 1. The number of nitrogens with zero attached hydrogens (tertiary/aromatic N) is 5. The number of rotatable bonds is 8. The second kappa shape index (κ2) is 10.4. The molecule has 0 aromatic carbocycles. The number of likely N-dealkylation sites (tertiary alicyclic amines) is 1. The van der Waals surface area contributed by atoms with Gasteiger partial charge in [0, 0.05) is 42.5 Å². The van der Waals surface area contributed by atoms with Crippen LogP contribution in [0.15, 0.2) is 18.3 Å². The van der Waals surface area contributed by atoms with Crippen LogP contribution in [0.2, 0.25) is 0 Å². The van der Waals surface area contributed by atoms with Gasteiger partial charge in [0.15, 0.2) is 5.82 Å². The Bertz CT molecular complexity index is 1130. The van der Waals surface area contributed by atoms with E-state index in [4.69, 9.17) is 15.7 Å². The molecule has 1 saturated heterocycles. The Labute approximate surface area is 205 Å². The van der Waals surface area contributed by atoms with Gasteiger partial charge in [-0.25, -0.2) is 9.97 Å². The Kier molecular flexibility index (Phi) is 7.10. The summed E-state index contributed by atoms with van der Waals surface area (Å²) in [6, 6.07) is 5.24. The fraction of sp³-hybridized carbons (Fsp3) is 0.600. The zero-order chi connectivity index (χ0) is 23.5. The summed E-state index contributed by atoms with van der Waals surface area (Å²) in [5.41, 5.74) is 8.31. The monoisotopic (exact) mass is 481 g/mol. The van der Waals surface area contributed by atoms with Crippen molar-refractivity contribution < 1.29 is 4.79 Å². The smallest absolute Gasteiger partial charge is 0.219 e. The van der Waals surface area contributed by atoms with Crippen LogP contribution in [0.25, 0.3) is 11.0 Å². The van der Waals surface area contributed by atoms with Crippen LogP contribution in [-0.2, 0) is 17.8 Å². The van der Waals surface area contributed by atoms with Gasteiger partial charge in [-0.15, -0.1) is 0 Å². The normalized spacial score (nSPS) is 21.7. The number of fused-ring (bicyclic) bond motifs is 1. The first-order valence-electron chi connectivity index (χ1n) is 12.6. The molecule has 2 fully saturated rings. The van der Waals surface area contributed by atoms with Crippen LogP contribution in [-0.4, -0.2) is 54.9 Å². The summed E-state index contributed by atoms with van der Waals surface area (Å²) in [7, 11) is 0. The summed E-state index contributed by atoms with van der Waals surface area (Å²) in [5.74, 6) is 1.37. The molecule has 0 atom stereocenters. The molecule has 1 amide bonds. The lowest BCUT2D eigenvalue weighted by Gasteiger charge is -2.39. The van der Waals surface area contributed by atoms with E-state index in [0.29, 0.717) is 25.4 Å². The van der Waals surface area contributed by atoms with E-state index in [9.17, 15) is 4.79 Å². The molecular formula is C25H35N7OS. The highest BCUT2D eigenvalue weighted by atomic mass is 32.1. The average Bonchev–Trinajstić information content (AvgIpc) is 3.44. The molecule has 0 radical (unpaired) electrons. The van der Waals surface area contributed by atoms with Gasteiger partial charge in [0.1, 0.15) is 11.3 Å². The third kappa shape index (κ3) is 5.41. The second-order valence-corrected chi connectivity index (χ2v) is 10.7. The summed E-state index contributed by atoms with van der Waals surface area (Å²) in [6.45, 7) is 5.08. The van der Waals surface area contributed by atoms with Crippen molar-refractivity contribution in [2.75, 3.05) is 18.4 Å². The minimum Gasteiger partial charge on any atom is -0.370 e. The molecule has 0 spiro atoms. The van der Waals surface area contributed by atoms with E-state index >= 15 is 0 Å². The molecule has 1 aliphatic heterocycles. The first-order chi connectivity index (χ1) is 16.5. The van der Waals surface area contributed by atoms with Gasteiger partial charge in [0.2, 0.25) is 5.91 Å². The molecule has 3 aromatic rings. The van der Waals surface area contributed by atoms with E-state index in [-0.39, 0.29) is 5.91 Å². The molecule has 4 heterocycles. The third-order valence-corrected chi connectivity index (χ3v) is 8.09. The number of aryl methyl sites for hydroxylation is 2. The van der Waals surface area contributed by atoms with Crippen molar-refractivity contribution in [2.24, 2.45) is 5.73 Å². The minimum absolute atomic E-state index is 0.298. The van der Waals surface area contributed by atoms with Gasteiger partial charge in [-0.05, 0) is 82.2 Å². The van der Waals surface area contributed by atoms with Crippen LogP contribution in [0.4, 0.5) is 5.82 Å². The number of hydrogen-bond donors (Lipinski definition) is 2. The zero-order valence-corrected chi connectivity index (χ0v) is 20.8. The highest BCUT2D eigenvalue weighted by Gasteiger charge is 2.27. The molecule has 8 nitrogen and oxygen atoms in total. The quantitative estimate of drug-likeness (QED) is 0.506. The van der Waals surface area contributed by atoms with Crippen molar-refractivity contribution in [1.29, 1.82) is 0 Å². The highest BCUT2D eigenvalue weighted by molar-refractivity contribution is 7.05. The topological polar surface area (TPSA) is 102 Å². The van der Waals surface area contributed by atoms with Crippen molar-refractivity contribution in [3.8, 4) is 0 Å². The van der Waals surface area contributed by atoms with Gasteiger partial charge in [-0.3, -0.25) is 4.79 Å². The molecule has 3 aromatic heterocycles. The van der Waals surface area contributed by atoms with Gasteiger partial charge < -0.3 is 20.5 Å². The number of carbonyl (C=O) groups excluding carboxylic acids is 1. The molecule has 1 saturated carbocycles. The fourth-order valence-electron chi connectivity index (χ4n) is 5.47. The number of hydrogen-bond acceptors (Lipinski definition) is 7. The Hall–Kier alpha value is -2.52. The maximum Gasteiger partial charge on any atom is 0.219 e. The number of primary amides is 1. The summed E-state index contributed by atoms with van der Waals surface area (Å²) >= 11 is 1.51. The Morgan fingerprint density at radius 3 is 2.68 bits per heavy atom. The Morgan fingerprint density at radius 2 is 1.97 bits per heavy atom. The second-order valence-electron chi connectivity index (χ2n) is 9.81. The molecule has 5 rings (SSSR count). The van der Waals surface area contributed by atoms with Crippen LogP contribution in [0.3, 0.4) is 0 Å². The van der Waals surface area contributed by atoms with Gasteiger partial charge in [0.05, 0.1) is 11.2 Å². The lowest BCUT2D eigenvalue weighted by atomic mass is 9.89. The molecule has 34 heavy (non-hydrogen) atoms. The number of carbonyl (C=O) groups is 1. The lowest BCUT2D eigenvalue weighted by molar-refractivity contribution is -0.118. The molecule has 9 heteroatoms. The van der Waals surface area contributed by atoms with Crippen molar-refractivity contribution in [1.82, 2.24) is 23.8 Å². The summed E-state index contributed by atoms with van der Waals surface area (Å²) in [5, 5.41) is 3.77. The van der Waals surface area contributed by atoms with Crippen molar-refractivity contribution in [3.05, 3.63) is 34.7 Å². The molecular weight excluding hydrogens is 446 g/mol. The SMILES string of the molecule is Cc1cc(Cc2nc(NC3CCC(N4CCCCC4)CC3)c3c(ccn3CCC(N)=O)n2)sn1. The van der Waals surface area contributed by atoms with Gasteiger partial charge >= 0.3 is 0 Å². The van der Waals surface area contributed by atoms with E-state index in [1.165, 1.54) is 56.7 Å². The predicted octanol–water partition coefficient (Wildman–Crippen LogP) is 3.87. The van der Waals surface area contributed by atoms with E-state index < -0.39 is 0 Å². The maximum absolute atomic E-state index is 11.4. The van der Waals surface area contributed by atoms with Crippen LogP contribution in [0, 0.1) is 6.92 Å². The van der Waals surface area contributed by atoms with E-state index in [1.807, 2.05) is 19.2 Å². The number of nitrogens with one attached hydrogen (secondary N) is 1. The fourth-order valence-corrected chi connectivity index (χ4v) is 6.20. The Morgan fingerprint density at radius 1 is 1.18 bits per heavy atom. The molecule has 3 N–H and O–H groups in total. The zero-order valence-electron chi connectivity index (χ0n) is 20.0. The largest absolute Gasteiger partial charge is 0.370 e. The van der Waals surface area contributed by atoms with E-state index in [0.717, 1.165) is 52.1 Å². The summed E-state index contributed by atoms with van der Waals surface area (Å²) in [4.78, 5) is 25.1. The van der Waals surface area contributed by atoms with E-state index in [1.54, 1.807) is 0 Å². The van der Waals surface area contributed by atoms with Gasteiger partial charge in [0.25, 0.3) is 0 Å². The summed E-state index contributed by atoms with van der Waals surface area (Å²) in [6.07, 6.45) is 11.8. The first-order valence-corrected chi connectivity index (χ1v) is 13.4.